The Hall–Kier alpha value is -13.6. The van der Waals surface area contributed by atoms with Gasteiger partial charge in [0.1, 0.15) is 11.4 Å². The molecule has 8 heterocycles. The van der Waals surface area contributed by atoms with E-state index in [0.29, 0.717) is 0 Å². The molecule has 0 fully saturated rings. The number of carbonyl (C=O) groups excluding carboxylic acids is 8. The zero-order valence-corrected chi connectivity index (χ0v) is 50.0. The summed E-state index contributed by atoms with van der Waals surface area (Å²) in [7, 11) is 0. The fourth-order valence-corrected chi connectivity index (χ4v) is 4.70. The summed E-state index contributed by atoms with van der Waals surface area (Å²) in [5.41, 5.74) is 42.7. The van der Waals surface area contributed by atoms with Crippen LogP contribution in [0.5, 0.6) is 0 Å². The average molecular weight is 1500 g/mol. The van der Waals surface area contributed by atoms with E-state index in [9.17, 15) is 88.8 Å². The molecule has 0 aliphatic rings. The zero-order valence-electron chi connectivity index (χ0n) is 49.1. The minimum Gasteiger partial charge on any atom is -0.543 e. The van der Waals surface area contributed by atoms with Gasteiger partial charge in [-0.3, -0.25) is 0 Å². The van der Waals surface area contributed by atoms with E-state index >= 15 is 0 Å². The van der Waals surface area contributed by atoms with Crippen molar-refractivity contribution < 1.29 is 199 Å². The van der Waals surface area contributed by atoms with E-state index in [1.54, 1.807) is 0 Å². The number of carboxylic acids is 10. The van der Waals surface area contributed by atoms with E-state index in [2.05, 4.69) is 69.8 Å². The van der Waals surface area contributed by atoms with Gasteiger partial charge in [0, 0.05) is 0 Å². The third-order valence-electron chi connectivity index (χ3n) is 8.04. The Balaban J connectivity index is -0.0000000861. The first-order chi connectivity index (χ1) is 40.6. The molecular formula is C44H57Cu2N23O29. The molecular weight excluding hydrogens is 1440 g/mol. The number of aromatic carboxylic acids is 10. The number of nitrogens with two attached hydrogens (primary N) is 9. The molecule has 0 bridgehead atoms. The van der Waals surface area contributed by atoms with Gasteiger partial charge < -0.3 is 190 Å². The van der Waals surface area contributed by atoms with Crippen LogP contribution in [0.4, 0.5) is 53.5 Å². The smallest absolute Gasteiger partial charge is 0.543 e. The largest absolute Gasteiger partial charge is 2.00 e. The molecule has 52 nitrogen and oxygen atoms in total. The second-order valence-corrected chi connectivity index (χ2v) is 14.4. The maximum Gasteiger partial charge on any atom is 2.00 e. The monoisotopic (exact) mass is 1500 g/mol. The molecule has 54 heteroatoms. The van der Waals surface area contributed by atoms with Crippen molar-refractivity contribution in [3.63, 3.8) is 0 Å². The number of H-pyrrole nitrogens is 3. The van der Waals surface area contributed by atoms with Crippen LogP contribution in [0.25, 0.3) is 0 Å². The number of carbonyl (C=O) groups is 10. The maximum absolute atomic E-state index is 10.3. The van der Waals surface area contributed by atoms with Crippen LogP contribution in [0.3, 0.4) is 0 Å². The van der Waals surface area contributed by atoms with Crippen molar-refractivity contribution in [2.24, 2.45) is 0 Å². The number of hydrogen-bond donors (Lipinski definition) is 11. The van der Waals surface area contributed by atoms with E-state index in [-0.39, 0.29) is 150 Å². The second-order valence-electron chi connectivity index (χ2n) is 14.4. The third-order valence-corrected chi connectivity index (χ3v) is 8.04. The van der Waals surface area contributed by atoms with Gasteiger partial charge in [0.2, 0.25) is 0 Å². The van der Waals surface area contributed by atoms with Gasteiger partial charge in [-0.15, -0.1) is 0 Å². The Morgan fingerprint density at radius 2 is 0.367 bits per heavy atom. The van der Waals surface area contributed by atoms with Crippen LogP contribution in [-0.2, 0) is 34.1 Å². The van der Waals surface area contributed by atoms with E-state index in [0.717, 1.165) is 48.5 Å². The van der Waals surface area contributed by atoms with Crippen molar-refractivity contribution in [3.8, 4) is 0 Å². The van der Waals surface area contributed by atoms with Crippen LogP contribution < -0.4 is 107 Å². The fourth-order valence-electron chi connectivity index (χ4n) is 4.70. The predicted molar refractivity (Wildman–Crippen MR) is 299 cm³/mol. The fraction of sp³-hybridized carbons (Fsp3) is 0. The standard InChI is InChI=1S/5C7H5NO4.3C3H6N6.2Cu.9H2O/c5*9-6(10)4-2-1-3-5(8-4)7(11)12;3*4-1-7-2(5)9-3(6)8-1;;;;;;;;;;;/h5*1-3H,(H,9,10)(H,11,12);3*(H6,4,5,6,7,8,9);;;9*1H2/q;;;;;;;;2*+2;;;;;;;;;/p-4. The number of anilines is 9. The minimum absolute atomic E-state index is 0. The van der Waals surface area contributed by atoms with Crippen LogP contribution in [0, 0.1) is 0 Å². The molecule has 0 saturated carbocycles. The molecule has 0 aliphatic carbocycles. The third kappa shape index (κ3) is 43.2. The molecule has 98 heavy (non-hydrogen) atoms. The van der Waals surface area contributed by atoms with Gasteiger partial charge >= 0.3 is 101 Å². The summed E-state index contributed by atoms with van der Waals surface area (Å²) in [5.74, 6) is -13.4. The molecule has 8 aromatic rings. The molecule has 0 saturated heterocycles. The number of carboxylic acid groups (broad SMARTS) is 10. The molecule has 0 aliphatic heterocycles. The topological polar surface area (TPSA) is 1100 Å². The Labute approximate surface area is 564 Å². The van der Waals surface area contributed by atoms with Gasteiger partial charge in [0.15, 0.2) is 0 Å². The van der Waals surface area contributed by atoms with Crippen molar-refractivity contribution >= 4 is 113 Å². The van der Waals surface area contributed by atoms with Crippen molar-refractivity contribution in [1.82, 2.24) is 54.8 Å². The van der Waals surface area contributed by atoms with Gasteiger partial charge in [0.25, 0.3) is 0 Å². The number of aromatic nitrogens is 14. The second kappa shape index (κ2) is 54.0. The van der Waals surface area contributed by atoms with Gasteiger partial charge in [-0.05, 0) is 60.7 Å². The number of pyridine rings is 5. The Morgan fingerprint density at radius 3 is 0.469 bits per heavy atom. The van der Waals surface area contributed by atoms with Crippen molar-refractivity contribution in [2.75, 3.05) is 51.6 Å². The molecule has 0 aromatic carbocycles. The van der Waals surface area contributed by atoms with Crippen LogP contribution in [-0.4, -0.2) is 174 Å². The first-order valence-corrected chi connectivity index (χ1v) is 21.9. The number of aromatic amines is 3. The summed E-state index contributed by atoms with van der Waals surface area (Å²) >= 11 is 0. The summed E-state index contributed by atoms with van der Waals surface area (Å²) in [6, 6.07) is 17.9. The number of nitrogens with zero attached hydrogens (tertiary/aromatic N) is 11. The average Bonchev–Trinajstić information content (AvgIpc) is 3.43. The normalized spacial score (nSPS) is 8.29. The molecule has 2 radical (unpaired) electrons. The van der Waals surface area contributed by atoms with Gasteiger partial charge in [0.05, 0.1) is 93.3 Å². The first kappa shape index (κ1) is 109. The van der Waals surface area contributed by atoms with Gasteiger partial charge in [-0.25, -0.2) is 49.5 Å². The minimum atomic E-state index is -1.52. The van der Waals surface area contributed by atoms with Crippen LogP contribution >= 0.6 is 0 Å². The van der Waals surface area contributed by atoms with E-state index in [1.165, 1.54) is 42.5 Å². The number of rotatable bonds is 10. The molecule has 8 rings (SSSR count). The Bertz CT molecular complexity index is 3040. The first-order valence-electron chi connectivity index (χ1n) is 21.9. The Kier molecular flexibility index (Phi) is 60.0. The van der Waals surface area contributed by atoms with E-state index < -0.39 is 105 Å². The van der Waals surface area contributed by atoms with E-state index in [1.807, 2.05) is 0 Å². The summed E-state index contributed by atoms with van der Waals surface area (Å²) < 4.78 is 0. The van der Waals surface area contributed by atoms with Gasteiger partial charge in [-0.1, -0.05) is 60.2 Å². The summed E-state index contributed by atoms with van der Waals surface area (Å²) in [6.07, 6.45) is 0. The van der Waals surface area contributed by atoms with Crippen molar-refractivity contribution in [3.05, 3.63) is 148 Å². The molecule has 544 valence electrons. The van der Waals surface area contributed by atoms with Crippen molar-refractivity contribution in [2.45, 2.75) is 0 Å². The van der Waals surface area contributed by atoms with E-state index in [4.69, 9.17) is 61.8 Å². The molecule has 0 spiro atoms. The number of nitrogens with one attached hydrogen (secondary N) is 3. The maximum atomic E-state index is 10.3. The zero-order chi connectivity index (χ0) is 66.2. The number of nitrogen functional groups attached to an aromatic ring is 9. The summed E-state index contributed by atoms with van der Waals surface area (Å²) in [4.78, 5) is 147. The number of hydrogen-bond acceptors (Lipinski definition) is 38. The molecule has 0 amide bonds. The van der Waals surface area contributed by atoms with Gasteiger partial charge in [-0.2, -0.15) is 0 Å². The molecule has 41 N–H and O–H groups in total. The quantitative estimate of drug-likeness (QED) is 0.0566. The summed E-state index contributed by atoms with van der Waals surface area (Å²) in [6.45, 7) is 0. The van der Waals surface area contributed by atoms with Crippen LogP contribution in [0.2, 0.25) is 0 Å². The molecule has 0 unspecified atom stereocenters. The van der Waals surface area contributed by atoms with Crippen molar-refractivity contribution in [1.29, 1.82) is 0 Å². The Morgan fingerprint density at radius 1 is 0.255 bits per heavy atom. The van der Waals surface area contributed by atoms with Crippen LogP contribution in [0.1, 0.15) is 106 Å². The SMILES string of the molecule is Nc1nc(N)[nH+]c(N)n1.Nc1nc(N)[nH+]c(N)n1.Nc1nc(N)[nH+]c(N)n1.O.O.O.O.O.O.O.O.O.O=C(O)c1cccc(C(=O)O)n1.O=C([O-])c1cccc(C(=O)[O-])n1.O=C([O-])c1cccc(C(=O)[O-])n1.O=C([O-])c1cccc(C(=O)[O-])n1.O=C([O-])c1cccc(C(=O)[O-])n1.[Cu+2].[Cu+2].[H+]. The van der Waals surface area contributed by atoms with Crippen LogP contribution in [0.15, 0.2) is 91.0 Å². The molecule has 8 aromatic heterocycles. The molecule has 0 atom stereocenters. The predicted octanol–water partition coefficient (Wildman–Crippen LogP) is -21.5. The summed E-state index contributed by atoms with van der Waals surface area (Å²) in [5, 5.41) is 98.4.